The molecule has 1 unspecified atom stereocenters. The number of unbranched alkanes of at least 4 members (excludes halogenated alkanes) is 11. The van der Waals surface area contributed by atoms with Crippen LogP contribution in [-0.2, 0) is 4.79 Å². The Morgan fingerprint density at radius 2 is 1.17 bits per heavy atom. The predicted molar refractivity (Wildman–Crippen MR) is 89.6 cm³/mol. The van der Waals surface area contributed by atoms with Gasteiger partial charge in [-0.15, -0.1) is 0 Å². The number of carbonyl (C=O) groups excluding carboxylic acids is 1. The highest BCUT2D eigenvalue weighted by Gasteiger charge is 2.00. The Kier molecular flexibility index (Phi) is 15.8. The average Bonchev–Trinajstić information content (AvgIpc) is 2.39. The van der Waals surface area contributed by atoms with Gasteiger partial charge in [0.15, 0.2) is 0 Å². The molecule has 0 amide bonds. The maximum absolute atomic E-state index is 10.4. The van der Waals surface area contributed by atoms with Gasteiger partial charge < -0.3 is 4.79 Å². The van der Waals surface area contributed by atoms with Crippen LogP contribution in [0, 0.1) is 0 Å². The number of carbonyl (C=O) groups is 1. The Balaban J connectivity index is 2.96. The minimum absolute atomic E-state index is 0.241. The summed E-state index contributed by atoms with van der Waals surface area (Å²) in [6, 6.07) is 0. The summed E-state index contributed by atoms with van der Waals surface area (Å²) >= 11 is 2.23. The third-order valence-corrected chi connectivity index (χ3v) is 4.40. The molecule has 0 heterocycles. The lowest BCUT2D eigenvalue weighted by Gasteiger charge is -2.03. The van der Waals surface area contributed by atoms with Crippen LogP contribution in [0.1, 0.15) is 90.4 Å². The van der Waals surface area contributed by atoms with E-state index in [2.05, 4.69) is 29.5 Å². The minimum Gasteiger partial charge on any atom is -0.302 e. The minimum atomic E-state index is 0.241. The van der Waals surface area contributed by atoms with E-state index in [0.717, 1.165) is 12.7 Å². The van der Waals surface area contributed by atoms with Gasteiger partial charge in [-0.2, -0.15) is 0 Å². The molecular formula is C16H31IO. The lowest BCUT2D eigenvalue weighted by molar-refractivity contribution is -0.107. The zero-order valence-corrected chi connectivity index (χ0v) is 14.3. The number of hydrogen-bond donors (Lipinski definition) is 0. The summed E-state index contributed by atoms with van der Waals surface area (Å²) in [7, 11) is 0. The molecule has 0 aliphatic heterocycles. The Morgan fingerprint density at radius 1 is 0.778 bits per heavy atom. The van der Waals surface area contributed by atoms with Gasteiger partial charge in [0.2, 0.25) is 0 Å². The molecule has 0 aliphatic carbocycles. The van der Waals surface area contributed by atoms with Crippen LogP contribution in [0.25, 0.3) is 0 Å². The highest BCUT2D eigenvalue weighted by molar-refractivity contribution is 14.1. The number of aldehydes is 1. The highest BCUT2D eigenvalue weighted by Crippen LogP contribution is 2.14. The van der Waals surface area contributed by atoms with Crippen molar-refractivity contribution in [3.63, 3.8) is 0 Å². The molecule has 0 aromatic heterocycles. The molecule has 0 N–H and O–H groups in total. The van der Waals surface area contributed by atoms with Crippen molar-refractivity contribution < 1.29 is 4.79 Å². The summed E-state index contributed by atoms with van der Waals surface area (Å²) < 4.78 is 0.241. The zero-order valence-electron chi connectivity index (χ0n) is 12.1. The van der Waals surface area contributed by atoms with Gasteiger partial charge in [-0.05, 0) is 6.42 Å². The van der Waals surface area contributed by atoms with Crippen molar-refractivity contribution >= 4 is 28.9 Å². The summed E-state index contributed by atoms with van der Waals surface area (Å²) in [6.45, 7) is 2.27. The molecule has 0 aromatic carbocycles. The molecule has 0 saturated carbocycles. The Bertz CT molecular complexity index is 170. The third-order valence-electron chi connectivity index (χ3n) is 3.48. The van der Waals surface area contributed by atoms with Gasteiger partial charge in [0.1, 0.15) is 6.29 Å². The summed E-state index contributed by atoms with van der Waals surface area (Å²) in [6.07, 6.45) is 18.8. The number of hydrogen-bond acceptors (Lipinski definition) is 1. The topological polar surface area (TPSA) is 17.1 Å². The molecule has 0 aliphatic rings. The molecule has 1 atom stereocenters. The summed E-state index contributed by atoms with van der Waals surface area (Å²) in [5.41, 5.74) is 0. The number of halogens is 1. The van der Waals surface area contributed by atoms with Crippen LogP contribution in [-0.4, -0.2) is 10.2 Å². The van der Waals surface area contributed by atoms with Crippen molar-refractivity contribution in [3.8, 4) is 0 Å². The first-order valence-electron chi connectivity index (χ1n) is 7.90. The quantitative estimate of drug-likeness (QED) is 0.158. The lowest BCUT2D eigenvalue weighted by atomic mass is 10.0. The smallest absolute Gasteiger partial charge is 0.132 e. The normalized spacial score (nSPS) is 12.6. The molecule has 0 aromatic rings. The fourth-order valence-electron chi connectivity index (χ4n) is 2.25. The fourth-order valence-corrected chi connectivity index (χ4v) is 2.69. The van der Waals surface area contributed by atoms with Crippen molar-refractivity contribution in [1.29, 1.82) is 0 Å². The monoisotopic (exact) mass is 366 g/mol. The van der Waals surface area contributed by atoms with E-state index in [0.29, 0.717) is 0 Å². The van der Waals surface area contributed by atoms with Crippen LogP contribution < -0.4 is 0 Å². The van der Waals surface area contributed by atoms with E-state index in [-0.39, 0.29) is 3.92 Å². The zero-order chi connectivity index (χ0) is 13.5. The molecule has 0 spiro atoms. The van der Waals surface area contributed by atoms with E-state index >= 15 is 0 Å². The van der Waals surface area contributed by atoms with Gasteiger partial charge in [-0.1, -0.05) is 107 Å². The van der Waals surface area contributed by atoms with E-state index in [1.54, 1.807) is 0 Å². The van der Waals surface area contributed by atoms with Crippen molar-refractivity contribution in [2.24, 2.45) is 0 Å². The largest absolute Gasteiger partial charge is 0.302 e. The van der Waals surface area contributed by atoms with E-state index < -0.39 is 0 Å². The van der Waals surface area contributed by atoms with E-state index in [9.17, 15) is 4.79 Å². The third kappa shape index (κ3) is 14.5. The molecule has 2 heteroatoms. The van der Waals surface area contributed by atoms with Crippen LogP contribution in [0.5, 0.6) is 0 Å². The maximum Gasteiger partial charge on any atom is 0.132 e. The maximum atomic E-state index is 10.4. The molecule has 0 saturated heterocycles. The van der Waals surface area contributed by atoms with Gasteiger partial charge in [-0.3, -0.25) is 0 Å². The van der Waals surface area contributed by atoms with Gasteiger partial charge in [-0.25, -0.2) is 0 Å². The first-order chi connectivity index (χ1) is 8.81. The molecule has 1 nitrogen and oxygen atoms in total. The second-order valence-electron chi connectivity index (χ2n) is 5.33. The van der Waals surface area contributed by atoms with Crippen LogP contribution >= 0.6 is 22.6 Å². The van der Waals surface area contributed by atoms with E-state index in [1.807, 2.05) is 0 Å². The molecule has 0 bridgehead atoms. The Labute approximate surface area is 128 Å². The summed E-state index contributed by atoms with van der Waals surface area (Å²) in [5, 5.41) is 0. The average molecular weight is 366 g/mol. The van der Waals surface area contributed by atoms with Crippen LogP contribution in [0.2, 0.25) is 0 Å². The van der Waals surface area contributed by atoms with Gasteiger partial charge in [0.05, 0.1) is 3.92 Å². The van der Waals surface area contributed by atoms with Gasteiger partial charge in [0, 0.05) is 0 Å². The standard InChI is InChI=1S/C16H31IO/c1-2-3-4-5-6-7-8-9-10-11-12-13-14-16(17)15-18/h15-16H,2-14H2,1H3. The molecular weight excluding hydrogens is 335 g/mol. The number of alkyl halides is 1. The lowest BCUT2D eigenvalue weighted by Crippen LogP contribution is -1.97. The Morgan fingerprint density at radius 3 is 1.56 bits per heavy atom. The molecule has 108 valence electrons. The Hall–Kier alpha value is 0.400. The van der Waals surface area contributed by atoms with Crippen molar-refractivity contribution in [2.45, 2.75) is 94.3 Å². The van der Waals surface area contributed by atoms with Crippen molar-refractivity contribution in [3.05, 3.63) is 0 Å². The van der Waals surface area contributed by atoms with Crippen molar-refractivity contribution in [2.75, 3.05) is 0 Å². The van der Waals surface area contributed by atoms with Crippen LogP contribution in [0.15, 0.2) is 0 Å². The van der Waals surface area contributed by atoms with Crippen molar-refractivity contribution in [1.82, 2.24) is 0 Å². The molecule has 0 radical (unpaired) electrons. The number of rotatable bonds is 14. The highest BCUT2D eigenvalue weighted by atomic mass is 127. The predicted octanol–water partition coefficient (Wildman–Crippen LogP) is 6.08. The van der Waals surface area contributed by atoms with E-state index in [1.165, 1.54) is 77.0 Å². The van der Waals surface area contributed by atoms with Gasteiger partial charge in [0.25, 0.3) is 0 Å². The first-order valence-corrected chi connectivity index (χ1v) is 9.15. The first kappa shape index (κ1) is 18.4. The van der Waals surface area contributed by atoms with Gasteiger partial charge >= 0.3 is 0 Å². The molecule has 18 heavy (non-hydrogen) atoms. The SMILES string of the molecule is CCCCCCCCCCCCCCC(I)C=O. The second-order valence-corrected chi connectivity index (χ2v) is 6.93. The van der Waals surface area contributed by atoms with Crippen LogP contribution in [0.3, 0.4) is 0 Å². The molecule has 0 fully saturated rings. The second kappa shape index (κ2) is 15.5. The fraction of sp³-hybridized carbons (Fsp3) is 0.938. The molecule has 0 rings (SSSR count). The van der Waals surface area contributed by atoms with Crippen LogP contribution in [0.4, 0.5) is 0 Å². The van der Waals surface area contributed by atoms with E-state index in [4.69, 9.17) is 0 Å². The summed E-state index contributed by atoms with van der Waals surface area (Å²) in [5.74, 6) is 0. The summed E-state index contributed by atoms with van der Waals surface area (Å²) in [4.78, 5) is 10.4.